The van der Waals surface area contributed by atoms with Crippen molar-refractivity contribution in [2.45, 2.75) is 56.4 Å². The zero-order valence-corrected chi connectivity index (χ0v) is 17.0. The lowest BCUT2D eigenvalue weighted by atomic mass is 9.92. The molecule has 0 spiro atoms. The molecule has 0 fully saturated rings. The second-order valence-electron chi connectivity index (χ2n) is 7.74. The Kier molecular flexibility index (Phi) is 5.25. The largest absolute Gasteiger partial charge is 0.308 e. The highest BCUT2D eigenvalue weighted by atomic mass is 32.2. The number of sulfonamides is 1. The van der Waals surface area contributed by atoms with Gasteiger partial charge in [-0.3, -0.25) is 4.79 Å². The van der Waals surface area contributed by atoms with Gasteiger partial charge in [0.1, 0.15) is 0 Å². The van der Waals surface area contributed by atoms with Gasteiger partial charge in [0.25, 0.3) is 0 Å². The van der Waals surface area contributed by atoms with Gasteiger partial charge < -0.3 is 4.90 Å². The van der Waals surface area contributed by atoms with Crippen molar-refractivity contribution in [3.05, 3.63) is 59.2 Å². The van der Waals surface area contributed by atoms with Crippen LogP contribution in [0.4, 0.5) is 5.69 Å². The highest BCUT2D eigenvalue weighted by Crippen LogP contribution is 2.30. The van der Waals surface area contributed by atoms with Gasteiger partial charge >= 0.3 is 0 Å². The number of nitrogens with zero attached hydrogens (tertiary/aromatic N) is 1. The molecule has 0 saturated heterocycles. The Hall–Kier alpha value is -2.18. The highest BCUT2D eigenvalue weighted by Gasteiger charge is 2.29. The summed E-state index contributed by atoms with van der Waals surface area (Å²) in [5.74, 6) is -0.221. The molecule has 6 heteroatoms. The number of carbonyl (C=O) groups excluding carboxylic acids is 1. The maximum atomic E-state index is 12.9. The van der Waals surface area contributed by atoms with E-state index in [1.807, 2.05) is 37.3 Å². The van der Waals surface area contributed by atoms with Crippen molar-refractivity contribution in [2.75, 3.05) is 11.4 Å². The summed E-state index contributed by atoms with van der Waals surface area (Å²) in [6.45, 7) is 1.77. The molecule has 5 nitrogen and oxygen atoms in total. The fourth-order valence-corrected chi connectivity index (χ4v) is 5.30. The summed E-state index contributed by atoms with van der Waals surface area (Å²) in [5.41, 5.74) is 4.37. The molecule has 1 aliphatic carbocycles. The number of para-hydroxylation sites is 1. The second kappa shape index (κ2) is 7.68. The quantitative estimate of drug-likeness (QED) is 0.860. The molecule has 0 saturated carbocycles. The molecule has 148 valence electrons. The van der Waals surface area contributed by atoms with Crippen molar-refractivity contribution in [3.8, 4) is 0 Å². The third kappa shape index (κ3) is 3.71. The Balaban J connectivity index is 1.50. The lowest BCUT2D eigenvalue weighted by Crippen LogP contribution is -2.47. The summed E-state index contributed by atoms with van der Waals surface area (Å²) >= 11 is 0. The van der Waals surface area contributed by atoms with E-state index in [1.165, 1.54) is 5.56 Å². The van der Waals surface area contributed by atoms with Crippen molar-refractivity contribution in [1.29, 1.82) is 0 Å². The molecule has 2 aromatic carbocycles. The van der Waals surface area contributed by atoms with E-state index >= 15 is 0 Å². The number of benzene rings is 2. The van der Waals surface area contributed by atoms with Gasteiger partial charge in [0.2, 0.25) is 15.9 Å². The van der Waals surface area contributed by atoms with Crippen LogP contribution in [-0.2, 0) is 34.1 Å². The zero-order chi connectivity index (χ0) is 19.7. The molecule has 0 unspecified atom stereocenters. The van der Waals surface area contributed by atoms with E-state index in [0.29, 0.717) is 0 Å². The Labute approximate surface area is 166 Å². The first-order chi connectivity index (χ1) is 13.5. The van der Waals surface area contributed by atoms with E-state index in [2.05, 4.69) is 4.72 Å². The number of carbonyl (C=O) groups is 1. The first kappa shape index (κ1) is 19.2. The van der Waals surface area contributed by atoms with E-state index in [9.17, 15) is 13.2 Å². The first-order valence-electron chi connectivity index (χ1n) is 9.97. The molecule has 0 bridgehead atoms. The number of hydrogen-bond acceptors (Lipinski definition) is 3. The third-order valence-electron chi connectivity index (χ3n) is 5.84. The Morgan fingerprint density at radius 3 is 2.61 bits per heavy atom. The van der Waals surface area contributed by atoms with Crippen molar-refractivity contribution in [2.24, 2.45) is 0 Å². The van der Waals surface area contributed by atoms with Crippen molar-refractivity contribution < 1.29 is 13.2 Å². The Morgan fingerprint density at radius 2 is 1.79 bits per heavy atom. The predicted octanol–water partition coefficient (Wildman–Crippen LogP) is 3.21. The van der Waals surface area contributed by atoms with Gasteiger partial charge in [-0.2, -0.15) is 0 Å². The first-order valence-corrected chi connectivity index (χ1v) is 11.5. The molecule has 1 heterocycles. The Morgan fingerprint density at radius 1 is 1.04 bits per heavy atom. The summed E-state index contributed by atoms with van der Waals surface area (Å²) in [5, 5.41) is 0. The second-order valence-corrected chi connectivity index (χ2v) is 9.51. The number of fused-ring (bicyclic) bond motifs is 2. The molecule has 0 radical (unpaired) electrons. The number of rotatable bonds is 4. The van der Waals surface area contributed by atoms with Crippen LogP contribution in [0.1, 0.15) is 42.9 Å². The number of hydrogen-bond donors (Lipinski definition) is 1. The summed E-state index contributed by atoms with van der Waals surface area (Å²) in [7, 11) is -3.72. The predicted molar refractivity (Wildman–Crippen MR) is 110 cm³/mol. The van der Waals surface area contributed by atoms with Gasteiger partial charge in [0, 0.05) is 11.7 Å². The monoisotopic (exact) mass is 398 g/mol. The van der Waals surface area contributed by atoms with Crippen LogP contribution < -0.4 is 9.62 Å². The smallest absolute Gasteiger partial charge is 0.242 e. The van der Waals surface area contributed by atoms with E-state index in [0.717, 1.165) is 55.3 Å². The van der Waals surface area contributed by atoms with Crippen LogP contribution in [-0.4, -0.2) is 26.9 Å². The van der Waals surface area contributed by atoms with Gasteiger partial charge in [0.05, 0.1) is 11.4 Å². The minimum absolute atomic E-state index is 0.0515. The van der Waals surface area contributed by atoms with Gasteiger partial charge in [-0.25, -0.2) is 13.1 Å². The topological polar surface area (TPSA) is 66.5 Å². The van der Waals surface area contributed by atoms with E-state index in [-0.39, 0.29) is 23.4 Å². The Bertz CT molecular complexity index is 1000. The molecule has 1 amide bonds. The van der Waals surface area contributed by atoms with Crippen LogP contribution in [0.5, 0.6) is 0 Å². The molecule has 2 aliphatic rings. The van der Waals surface area contributed by atoms with Crippen molar-refractivity contribution in [3.63, 3.8) is 0 Å². The molecule has 2 aromatic rings. The molecule has 4 rings (SSSR count). The van der Waals surface area contributed by atoms with Gasteiger partial charge in [-0.15, -0.1) is 0 Å². The highest BCUT2D eigenvalue weighted by molar-refractivity contribution is 7.89. The van der Waals surface area contributed by atoms with Gasteiger partial charge in [-0.1, -0.05) is 24.3 Å². The molecular weight excluding hydrogens is 372 g/mol. The summed E-state index contributed by atoms with van der Waals surface area (Å²) in [6.07, 6.45) is 5.98. The number of amides is 1. The summed E-state index contributed by atoms with van der Waals surface area (Å²) in [6, 6.07) is 13.2. The summed E-state index contributed by atoms with van der Waals surface area (Å²) < 4.78 is 28.0. The number of aryl methyl sites for hydroxylation is 3. The SMILES string of the molecule is C[C@H]1CCc2ccccc2N1C(=O)CNS(=O)(=O)c1ccc2c(c1)CCCC2. The van der Waals surface area contributed by atoms with Crippen LogP contribution in [0.15, 0.2) is 47.4 Å². The summed E-state index contributed by atoms with van der Waals surface area (Å²) in [4.78, 5) is 14.9. The number of nitrogens with one attached hydrogen (secondary N) is 1. The minimum Gasteiger partial charge on any atom is -0.308 e. The van der Waals surface area contributed by atoms with E-state index in [4.69, 9.17) is 0 Å². The van der Waals surface area contributed by atoms with Gasteiger partial charge in [0.15, 0.2) is 0 Å². The normalized spacial score (nSPS) is 19.0. The lowest BCUT2D eigenvalue weighted by molar-refractivity contribution is -0.118. The van der Waals surface area contributed by atoms with Crippen LogP contribution in [0, 0.1) is 0 Å². The maximum Gasteiger partial charge on any atom is 0.242 e. The zero-order valence-electron chi connectivity index (χ0n) is 16.1. The average Bonchev–Trinajstić information content (AvgIpc) is 2.71. The van der Waals surface area contributed by atoms with Crippen LogP contribution in [0.3, 0.4) is 0 Å². The van der Waals surface area contributed by atoms with Gasteiger partial charge in [-0.05, 0) is 80.3 Å². The lowest BCUT2D eigenvalue weighted by Gasteiger charge is -2.35. The van der Waals surface area contributed by atoms with Crippen LogP contribution in [0.25, 0.3) is 0 Å². The molecule has 1 aliphatic heterocycles. The van der Waals surface area contributed by atoms with Crippen molar-refractivity contribution >= 4 is 21.6 Å². The molecule has 1 N–H and O–H groups in total. The maximum absolute atomic E-state index is 12.9. The molecule has 1 atom stereocenters. The van der Waals surface area contributed by atoms with Crippen molar-refractivity contribution in [1.82, 2.24) is 4.72 Å². The fourth-order valence-electron chi connectivity index (χ4n) is 4.27. The van der Waals surface area contributed by atoms with E-state index < -0.39 is 10.0 Å². The van der Waals surface area contributed by atoms with Crippen LogP contribution in [0.2, 0.25) is 0 Å². The minimum atomic E-state index is -3.72. The van der Waals surface area contributed by atoms with Crippen LogP contribution >= 0.6 is 0 Å². The fraction of sp³-hybridized carbons (Fsp3) is 0.409. The number of anilines is 1. The molecule has 0 aromatic heterocycles. The van der Waals surface area contributed by atoms with E-state index in [1.54, 1.807) is 17.0 Å². The average molecular weight is 399 g/mol. The standard InChI is InChI=1S/C22H26N2O3S/c1-16-10-11-18-7-4-5-9-21(18)24(16)22(25)15-23-28(26,27)20-13-12-17-6-2-3-8-19(17)14-20/h4-5,7,9,12-14,16,23H,2-3,6,8,10-11,15H2,1H3/t16-/m0/s1. The third-order valence-corrected chi connectivity index (χ3v) is 7.23. The molecular formula is C22H26N2O3S. The molecule has 28 heavy (non-hydrogen) atoms.